The summed E-state index contributed by atoms with van der Waals surface area (Å²) in [5, 5.41) is 1.36. The fourth-order valence-corrected chi connectivity index (χ4v) is 4.77. The van der Waals surface area contributed by atoms with Gasteiger partial charge in [0.2, 0.25) is 0 Å². The molecule has 3 aromatic carbocycles. The van der Waals surface area contributed by atoms with Crippen LogP contribution in [0.15, 0.2) is 82.7 Å². The molecule has 0 N–H and O–H groups in total. The van der Waals surface area contributed by atoms with E-state index in [0.29, 0.717) is 39.8 Å². The summed E-state index contributed by atoms with van der Waals surface area (Å²) >= 11 is 7.35. The van der Waals surface area contributed by atoms with Gasteiger partial charge in [-0.2, -0.15) is 0 Å². The molecular formula is C28H27ClN2O3S. The fourth-order valence-electron chi connectivity index (χ4n) is 3.53. The average Bonchev–Trinajstić information content (AvgIpc) is 3.15. The second-order valence-corrected chi connectivity index (χ2v) is 9.61. The van der Waals surface area contributed by atoms with Crippen LogP contribution in [0.5, 0.6) is 11.5 Å². The molecule has 0 radical (unpaired) electrons. The average molecular weight is 507 g/mol. The van der Waals surface area contributed by atoms with Gasteiger partial charge < -0.3 is 9.47 Å². The highest BCUT2D eigenvalue weighted by Gasteiger charge is 2.35. The number of amides is 1. The molecule has 7 heteroatoms. The lowest BCUT2D eigenvalue weighted by molar-refractivity contribution is -0.123. The van der Waals surface area contributed by atoms with Gasteiger partial charge in [-0.25, -0.2) is 4.99 Å². The molecule has 4 rings (SSSR count). The summed E-state index contributed by atoms with van der Waals surface area (Å²) in [7, 11) is 0. The number of nitrogens with zero attached hydrogens (tertiary/aromatic N) is 2. The van der Waals surface area contributed by atoms with Gasteiger partial charge in [0, 0.05) is 11.1 Å². The zero-order chi connectivity index (χ0) is 24.8. The van der Waals surface area contributed by atoms with Crippen molar-refractivity contribution in [2.75, 3.05) is 6.61 Å². The predicted molar refractivity (Wildman–Crippen MR) is 144 cm³/mol. The summed E-state index contributed by atoms with van der Waals surface area (Å²) in [6.07, 6.45) is 1.88. The van der Waals surface area contributed by atoms with E-state index in [9.17, 15) is 4.79 Å². The Hall–Kier alpha value is -3.22. The van der Waals surface area contributed by atoms with E-state index in [0.717, 1.165) is 16.8 Å². The van der Waals surface area contributed by atoms with Gasteiger partial charge in [-0.05, 0) is 86.1 Å². The van der Waals surface area contributed by atoms with Crippen molar-refractivity contribution in [2.45, 2.75) is 33.4 Å². The second kappa shape index (κ2) is 11.5. The number of para-hydroxylation sites is 1. The van der Waals surface area contributed by atoms with Gasteiger partial charge in [-0.15, -0.1) is 0 Å². The Balaban J connectivity index is 1.57. The van der Waals surface area contributed by atoms with Crippen molar-refractivity contribution in [3.8, 4) is 11.5 Å². The summed E-state index contributed by atoms with van der Waals surface area (Å²) < 4.78 is 11.8. The molecular weight excluding hydrogens is 480 g/mol. The highest BCUT2D eigenvalue weighted by molar-refractivity contribution is 8.18. The van der Waals surface area contributed by atoms with E-state index < -0.39 is 0 Å². The molecule has 0 aromatic heterocycles. The van der Waals surface area contributed by atoms with E-state index in [1.807, 2.05) is 99.6 Å². The number of aliphatic imine (C=N–C) groups is 1. The largest absolute Gasteiger partial charge is 0.490 e. The lowest BCUT2D eigenvalue weighted by Gasteiger charge is -2.19. The number of ether oxygens (including phenoxy) is 2. The number of amidine groups is 1. The molecule has 1 fully saturated rings. The minimum atomic E-state index is -0.0549. The SMILES string of the molecule is CCOc1cc(/C=C2/SC(=Nc3ccccc3)N(C(C)C)C2=O)ccc1OCc1ccc(Cl)cc1. The maximum atomic E-state index is 13.2. The van der Waals surface area contributed by atoms with E-state index in [4.69, 9.17) is 26.1 Å². The van der Waals surface area contributed by atoms with Gasteiger partial charge >= 0.3 is 0 Å². The van der Waals surface area contributed by atoms with Crippen LogP contribution >= 0.6 is 23.4 Å². The van der Waals surface area contributed by atoms with Gasteiger partial charge in [-0.3, -0.25) is 9.69 Å². The Morgan fingerprint density at radius 3 is 2.43 bits per heavy atom. The second-order valence-electron chi connectivity index (χ2n) is 8.16. The molecule has 0 saturated carbocycles. The van der Waals surface area contributed by atoms with Crippen LogP contribution in [0.3, 0.4) is 0 Å². The topological polar surface area (TPSA) is 51.1 Å². The predicted octanol–water partition coefficient (Wildman–Crippen LogP) is 7.33. The van der Waals surface area contributed by atoms with Crippen LogP contribution in [0.25, 0.3) is 6.08 Å². The number of benzene rings is 3. The number of rotatable bonds is 8. The first-order valence-corrected chi connectivity index (χ1v) is 12.6. The Bertz CT molecular complexity index is 1240. The number of thioether (sulfide) groups is 1. The number of carbonyl (C=O) groups excluding carboxylic acids is 1. The van der Waals surface area contributed by atoms with Crippen LogP contribution in [-0.4, -0.2) is 28.6 Å². The molecule has 1 saturated heterocycles. The number of halogens is 1. The minimum Gasteiger partial charge on any atom is -0.490 e. The van der Waals surface area contributed by atoms with Crippen molar-refractivity contribution in [1.29, 1.82) is 0 Å². The molecule has 0 spiro atoms. The monoisotopic (exact) mass is 506 g/mol. The standard InChI is InChI=1S/C28H27ClN2O3S/c1-4-33-25-16-21(12-15-24(25)34-18-20-10-13-22(29)14-11-20)17-26-27(32)31(19(2)3)28(35-26)30-23-8-6-5-7-9-23/h5-17,19H,4,18H2,1-3H3/b26-17+,30-28?. The molecule has 3 aromatic rings. The first-order chi connectivity index (χ1) is 16.9. The minimum absolute atomic E-state index is 0.00834. The first kappa shape index (κ1) is 24.9. The molecule has 5 nitrogen and oxygen atoms in total. The third-order valence-corrected chi connectivity index (χ3v) is 6.44. The van der Waals surface area contributed by atoms with E-state index in [-0.39, 0.29) is 11.9 Å². The Morgan fingerprint density at radius 1 is 1.00 bits per heavy atom. The maximum absolute atomic E-state index is 13.2. The lowest BCUT2D eigenvalue weighted by Crippen LogP contribution is -2.35. The Kier molecular flexibility index (Phi) is 8.16. The third-order valence-electron chi connectivity index (χ3n) is 5.21. The van der Waals surface area contributed by atoms with Gasteiger partial charge in [0.05, 0.1) is 17.2 Å². The van der Waals surface area contributed by atoms with Crippen LogP contribution in [-0.2, 0) is 11.4 Å². The van der Waals surface area contributed by atoms with E-state index in [2.05, 4.69) is 0 Å². The van der Waals surface area contributed by atoms with Gasteiger partial charge in [-0.1, -0.05) is 48.0 Å². The number of hydrogen-bond acceptors (Lipinski definition) is 5. The Labute approximate surface area is 215 Å². The Morgan fingerprint density at radius 2 is 1.74 bits per heavy atom. The fraction of sp³-hybridized carbons (Fsp3) is 0.214. The van der Waals surface area contributed by atoms with Crippen LogP contribution in [0.2, 0.25) is 5.02 Å². The van der Waals surface area contributed by atoms with Gasteiger partial charge in [0.1, 0.15) is 6.61 Å². The molecule has 1 amide bonds. The van der Waals surface area contributed by atoms with E-state index in [1.165, 1.54) is 11.8 Å². The molecule has 0 atom stereocenters. The maximum Gasteiger partial charge on any atom is 0.266 e. The van der Waals surface area contributed by atoms with Crippen molar-refractivity contribution in [2.24, 2.45) is 4.99 Å². The summed E-state index contributed by atoms with van der Waals surface area (Å²) in [4.78, 5) is 20.3. The van der Waals surface area contributed by atoms with Crippen molar-refractivity contribution in [3.63, 3.8) is 0 Å². The smallest absolute Gasteiger partial charge is 0.266 e. The van der Waals surface area contributed by atoms with Crippen LogP contribution in [0.4, 0.5) is 5.69 Å². The van der Waals surface area contributed by atoms with Crippen molar-refractivity contribution >= 4 is 46.2 Å². The molecule has 0 unspecified atom stereocenters. The third kappa shape index (κ3) is 6.27. The lowest BCUT2D eigenvalue weighted by atomic mass is 10.1. The quantitative estimate of drug-likeness (QED) is 0.300. The van der Waals surface area contributed by atoms with Crippen molar-refractivity contribution < 1.29 is 14.3 Å². The first-order valence-electron chi connectivity index (χ1n) is 11.5. The van der Waals surface area contributed by atoms with Gasteiger partial charge in [0.15, 0.2) is 16.7 Å². The molecule has 1 aliphatic heterocycles. The zero-order valence-electron chi connectivity index (χ0n) is 19.9. The zero-order valence-corrected chi connectivity index (χ0v) is 21.5. The van der Waals surface area contributed by atoms with E-state index >= 15 is 0 Å². The van der Waals surface area contributed by atoms with Crippen molar-refractivity contribution in [3.05, 3.63) is 93.9 Å². The highest BCUT2D eigenvalue weighted by Crippen LogP contribution is 2.37. The molecule has 0 aliphatic carbocycles. The number of hydrogen-bond donors (Lipinski definition) is 0. The van der Waals surface area contributed by atoms with Crippen LogP contribution in [0.1, 0.15) is 31.9 Å². The van der Waals surface area contributed by atoms with Crippen molar-refractivity contribution in [1.82, 2.24) is 4.90 Å². The summed E-state index contributed by atoms with van der Waals surface area (Å²) in [5.41, 5.74) is 2.68. The molecule has 35 heavy (non-hydrogen) atoms. The van der Waals surface area contributed by atoms with Crippen LogP contribution < -0.4 is 9.47 Å². The van der Waals surface area contributed by atoms with Crippen LogP contribution in [0, 0.1) is 0 Å². The molecule has 1 heterocycles. The normalized spacial score (nSPS) is 15.9. The molecule has 0 bridgehead atoms. The highest BCUT2D eigenvalue weighted by atomic mass is 35.5. The number of carbonyl (C=O) groups is 1. The molecule has 1 aliphatic rings. The summed E-state index contributed by atoms with van der Waals surface area (Å²) in [5.74, 6) is 1.22. The summed E-state index contributed by atoms with van der Waals surface area (Å²) in [6, 6.07) is 22.9. The molecule has 180 valence electrons. The van der Waals surface area contributed by atoms with Gasteiger partial charge in [0.25, 0.3) is 5.91 Å². The van der Waals surface area contributed by atoms with E-state index in [1.54, 1.807) is 4.90 Å². The summed E-state index contributed by atoms with van der Waals surface area (Å²) in [6.45, 7) is 6.80.